The zero-order valence-corrected chi connectivity index (χ0v) is 16.9. The number of hydrogen-bond acceptors (Lipinski definition) is 6. The van der Waals surface area contributed by atoms with Gasteiger partial charge in [-0.15, -0.1) is 0 Å². The van der Waals surface area contributed by atoms with Gasteiger partial charge in [0.05, 0.1) is 12.8 Å². The van der Waals surface area contributed by atoms with Crippen LogP contribution < -0.4 is 14.8 Å². The summed E-state index contributed by atoms with van der Waals surface area (Å²) in [4.78, 5) is 23.1. The van der Waals surface area contributed by atoms with Gasteiger partial charge in [-0.25, -0.2) is 4.79 Å². The zero-order chi connectivity index (χ0) is 20.8. The van der Waals surface area contributed by atoms with Crippen LogP contribution in [-0.4, -0.2) is 41.2 Å². The highest BCUT2D eigenvalue weighted by atomic mass is 16.6. The van der Waals surface area contributed by atoms with Crippen LogP contribution in [0.25, 0.3) is 11.3 Å². The number of anilines is 2. The fourth-order valence-electron chi connectivity index (χ4n) is 3.36. The minimum absolute atomic E-state index is 0.0253. The SMILES string of the molecule is COc1cccc(Nc2cc(-c3ccccc3)nc(OC(=O)N3CCCCC3)n2)c1. The molecule has 1 aromatic heterocycles. The number of benzene rings is 2. The van der Waals surface area contributed by atoms with Crippen LogP contribution in [0.5, 0.6) is 11.8 Å². The molecule has 1 aliphatic heterocycles. The van der Waals surface area contributed by atoms with Crippen molar-refractivity contribution in [3.8, 4) is 23.0 Å². The van der Waals surface area contributed by atoms with Crippen molar-refractivity contribution in [2.75, 3.05) is 25.5 Å². The number of piperidine rings is 1. The van der Waals surface area contributed by atoms with Gasteiger partial charge < -0.3 is 19.7 Å². The summed E-state index contributed by atoms with van der Waals surface area (Å²) < 4.78 is 10.8. The van der Waals surface area contributed by atoms with Crippen molar-refractivity contribution in [1.82, 2.24) is 14.9 Å². The quantitative estimate of drug-likeness (QED) is 0.653. The molecule has 7 heteroatoms. The van der Waals surface area contributed by atoms with E-state index in [1.807, 2.05) is 60.7 Å². The van der Waals surface area contributed by atoms with Gasteiger partial charge in [0.1, 0.15) is 11.6 Å². The maximum atomic E-state index is 12.6. The number of carbonyl (C=O) groups excluding carboxylic acids is 1. The third kappa shape index (κ3) is 4.86. The van der Waals surface area contributed by atoms with Gasteiger partial charge in [0.25, 0.3) is 0 Å². The van der Waals surface area contributed by atoms with Crippen LogP contribution in [0.2, 0.25) is 0 Å². The van der Waals surface area contributed by atoms with Crippen molar-refractivity contribution >= 4 is 17.6 Å². The second-order valence-electron chi connectivity index (χ2n) is 7.06. The van der Waals surface area contributed by atoms with Crippen molar-refractivity contribution in [2.45, 2.75) is 19.3 Å². The van der Waals surface area contributed by atoms with E-state index in [1.54, 1.807) is 12.0 Å². The molecule has 1 aliphatic rings. The van der Waals surface area contributed by atoms with Crippen LogP contribution in [-0.2, 0) is 0 Å². The fraction of sp³-hybridized carbons (Fsp3) is 0.261. The predicted octanol–water partition coefficient (Wildman–Crippen LogP) is 4.88. The second-order valence-corrected chi connectivity index (χ2v) is 7.06. The lowest BCUT2D eigenvalue weighted by molar-refractivity contribution is 0.139. The summed E-state index contributed by atoms with van der Waals surface area (Å²) in [7, 11) is 1.62. The van der Waals surface area contributed by atoms with Gasteiger partial charge in [0.2, 0.25) is 0 Å². The van der Waals surface area contributed by atoms with Crippen molar-refractivity contribution in [3.63, 3.8) is 0 Å². The molecule has 0 bridgehead atoms. The number of hydrogen-bond donors (Lipinski definition) is 1. The molecule has 7 nitrogen and oxygen atoms in total. The lowest BCUT2D eigenvalue weighted by Gasteiger charge is -2.25. The Labute approximate surface area is 175 Å². The molecule has 1 amide bonds. The first-order chi connectivity index (χ1) is 14.7. The molecule has 4 rings (SSSR count). The first kappa shape index (κ1) is 19.7. The van der Waals surface area contributed by atoms with Crippen molar-refractivity contribution in [3.05, 3.63) is 60.7 Å². The fourth-order valence-corrected chi connectivity index (χ4v) is 3.36. The molecular formula is C23H24N4O3. The molecule has 1 N–H and O–H groups in total. The maximum absolute atomic E-state index is 12.6. The number of nitrogens with zero attached hydrogens (tertiary/aromatic N) is 3. The van der Waals surface area contributed by atoms with Gasteiger partial charge >= 0.3 is 12.1 Å². The summed E-state index contributed by atoms with van der Waals surface area (Å²) in [5, 5.41) is 3.25. The highest BCUT2D eigenvalue weighted by Crippen LogP contribution is 2.26. The van der Waals surface area contributed by atoms with Crippen molar-refractivity contribution in [2.24, 2.45) is 0 Å². The summed E-state index contributed by atoms with van der Waals surface area (Å²) >= 11 is 0. The Balaban J connectivity index is 1.63. The Kier molecular flexibility index (Phi) is 6.08. The number of methoxy groups -OCH3 is 1. The molecule has 0 saturated carbocycles. The summed E-state index contributed by atoms with van der Waals surface area (Å²) in [5.74, 6) is 1.26. The predicted molar refractivity (Wildman–Crippen MR) is 115 cm³/mol. The lowest BCUT2D eigenvalue weighted by atomic mass is 10.1. The average molecular weight is 404 g/mol. The van der Waals surface area contributed by atoms with E-state index in [4.69, 9.17) is 9.47 Å². The number of amides is 1. The molecular weight excluding hydrogens is 380 g/mol. The van der Waals surface area contributed by atoms with E-state index < -0.39 is 6.09 Å². The Morgan fingerprint density at radius 3 is 2.53 bits per heavy atom. The number of carbonyl (C=O) groups is 1. The number of aromatic nitrogens is 2. The lowest BCUT2D eigenvalue weighted by Crippen LogP contribution is -2.37. The third-order valence-corrected chi connectivity index (χ3v) is 4.91. The van der Waals surface area contributed by atoms with Crippen LogP contribution in [0.3, 0.4) is 0 Å². The minimum atomic E-state index is -0.410. The third-order valence-electron chi connectivity index (χ3n) is 4.91. The molecule has 30 heavy (non-hydrogen) atoms. The molecule has 2 heterocycles. The van der Waals surface area contributed by atoms with Crippen LogP contribution in [0.1, 0.15) is 19.3 Å². The Morgan fingerprint density at radius 2 is 1.77 bits per heavy atom. The Bertz CT molecular complexity index is 1000. The van der Waals surface area contributed by atoms with E-state index >= 15 is 0 Å². The van der Waals surface area contributed by atoms with Gasteiger partial charge in [0, 0.05) is 36.5 Å². The summed E-state index contributed by atoms with van der Waals surface area (Å²) in [6.45, 7) is 1.40. The zero-order valence-electron chi connectivity index (χ0n) is 16.9. The highest BCUT2D eigenvalue weighted by Gasteiger charge is 2.20. The molecule has 0 aliphatic carbocycles. The van der Waals surface area contributed by atoms with Crippen molar-refractivity contribution in [1.29, 1.82) is 0 Å². The normalized spacial score (nSPS) is 13.6. The van der Waals surface area contributed by atoms with Gasteiger partial charge in [0.15, 0.2) is 0 Å². The molecule has 0 radical (unpaired) electrons. The Hall–Kier alpha value is -3.61. The van der Waals surface area contributed by atoms with Crippen LogP contribution >= 0.6 is 0 Å². The monoisotopic (exact) mass is 404 g/mol. The van der Waals surface area contributed by atoms with Gasteiger partial charge in [-0.3, -0.25) is 0 Å². The first-order valence-corrected chi connectivity index (χ1v) is 10.0. The second kappa shape index (κ2) is 9.26. The van der Waals surface area contributed by atoms with Crippen LogP contribution in [0, 0.1) is 0 Å². The van der Waals surface area contributed by atoms with E-state index in [0.29, 0.717) is 24.6 Å². The van der Waals surface area contributed by atoms with Crippen LogP contribution in [0.15, 0.2) is 60.7 Å². The maximum Gasteiger partial charge on any atom is 0.417 e. The van der Waals surface area contributed by atoms with Crippen molar-refractivity contribution < 1.29 is 14.3 Å². The minimum Gasteiger partial charge on any atom is -0.497 e. The molecule has 0 spiro atoms. The summed E-state index contributed by atoms with van der Waals surface area (Å²) in [6.07, 6.45) is 2.70. The highest BCUT2D eigenvalue weighted by molar-refractivity contribution is 5.71. The van der Waals surface area contributed by atoms with E-state index in [-0.39, 0.29) is 6.01 Å². The average Bonchev–Trinajstić information content (AvgIpc) is 2.80. The number of ether oxygens (including phenoxy) is 2. The molecule has 1 fully saturated rings. The number of nitrogens with one attached hydrogen (secondary N) is 1. The van der Waals surface area contributed by atoms with E-state index in [0.717, 1.165) is 36.3 Å². The number of likely N-dealkylation sites (tertiary alicyclic amines) is 1. The van der Waals surface area contributed by atoms with Gasteiger partial charge in [-0.1, -0.05) is 36.4 Å². The van der Waals surface area contributed by atoms with Gasteiger partial charge in [-0.05, 0) is 31.4 Å². The smallest absolute Gasteiger partial charge is 0.417 e. The van der Waals surface area contributed by atoms with E-state index in [1.165, 1.54) is 0 Å². The molecule has 3 aromatic rings. The Morgan fingerprint density at radius 1 is 0.967 bits per heavy atom. The standard InChI is InChI=1S/C23H24N4O3/c1-29-19-12-8-11-18(15-19)24-21-16-20(17-9-4-2-5-10-17)25-22(26-21)30-23(28)27-13-6-3-7-14-27/h2,4-5,8-12,15-16H,3,6-7,13-14H2,1H3,(H,24,25,26). The molecule has 0 unspecified atom stereocenters. The molecule has 154 valence electrons. The number of rotatable bonds is 5. The molecule has 2 aromatic carbocycles. The van der Waals surface area contributed by atoms with E-state index in [9.17, 15) is 4.79 Å². The van der Waals surface area contributed by atoms with Gasteiger partial charge in [-0.2, -0.15) is 9.97 Å². The van der Waals surface area contributed by atoms with Crippen LogP contribution in [0.4, 0.5) is 16.3 Å². The molecule has 0 atom stereocenters. The molecule has 1 saturated heterocycles. The summed E-state index contributed by atoms with van der Waals surface area (Å²) in [6, 6.07) is 19.1. The van der Waals surface area contributed by atoms with E-state index in [2.05, 4.69) is 15.3 Å². The topological polar surface area (TPSA) is 76.6 Å². The largest absolute Gasteiger partial charge is 0.497 e. The summed E-state index contributed by atoms with van der Waals surface area (Å²) in [5.41, 5.74) is 2.38. The first-order valence-electron chi connectivity index (χ1n) is 10.0.